The monoisotopic (exact) mass is 469 g/mol. The molecule has 1 aromatic rings. The highest BCUT2D eigenvalue weighted by Crippen LogP contribution is 2.32. The summed E-state index contributed by atoms with van der Waals surface area (Å²) >= 11 is 0. The second-order valence-electron chi connectivity index (χ2n) is 9.52. The van der Waals surface area contributed by atoms with E-state index in [-0.39, 0.29) is 17.5 Å². The van der Waals surface area contributed by atoms with E-state index in [0.29, 0.717) is 18.0 Å². The van der Waals surface area contributed by atoms with Gasteiger partial charge in [0.15, 0.2) is 0 Å². The first-order valence-electron chi connectivity index (χ1n) is 11.9. The van der Waals surface area contributed by atoms with E-state index in [4.69, 9.17) is 0 Å². The average molecular weight is 470 g/mol. The van der Waals surface area contributed by atoms with Gasteiger partial charge in [-0.1, -0.05) is 25.8 Å². The van der Waals surface area contributed by atoms with Gasteiger partial charge in [0.25, 0.3) is 5.91 Å². The molecule has 0 saturated heterocycles. The highest BCUT2D eigenvalue weighted by molar-refractivity contribution is 5.97. The number of carbonyl (C=O) groups excluding carboxylic acids is 2. The molecule has 186 valence electrons. The van der Waals surface area contributed by atoms with Gasteiger partial charge in [0.1, 0.15) is 6.04 Å². The minimum atomic E-state index is -4.53. The van der Waals surface area contributed by atoms with E-state index in [1.54, 1.807) is 6.92 Å². The second-order valence-corrected chi connectivity index (χ2v) is 9.52. The maximum absolute atomic E-state index is 12.9. The van der Waals surface area contributed by atoms with Crippen LogP contribution in [0.4, 0.5) is 13.2 Å². The molecule has 5 nitrogen and oxygen atoms in total. The molecular formula is C25H38F3N3O2. The Morgan fingerprint density at radius 3 is 2.48 bits per heavy atom. The molecule has 0 aromatic heterocycles. The van der Waals surface area contributed by atoms with Crippen LogP contribution < -0.4 is 10.6 Å². The molecule has 1 saturated carbocycles. The molecule has 1 aromatic carbocycles. The minimum Gasteiger partial charge on any atom is -0.351 e. The summed E-state index contributed by atoms with van der Waals surface area (Å²) in [7, 11) is 2.15. The van der Waals surface area contributed by atoms with Gasteiger partial charge in [-0.25, -0.2) is 0 Å². The number of hydrogen-bond donors (Lipinski definition) is 2. The predicted octanol–water partition coefficient (Wildman–Crippen LogP) is 5.01. The van der Waals surface area contributed by atoms with Crippen LogP contribution in [0, 0.1) is 5.92 Å². The van der Waals surface area contributed by atoms with Crippen LogP contribution in [0.25, 0.3) is 0 Å². The molecule has 1 aliphatic rings. The molecule has 2 rings (SSSR count). The van der Waals surface area contributed by atoms with E-state index in [9.17, 15) is 22.8 Å². The fourth-order valence-electron chi connectivity index (χ4n) is 4.50. The molecule has 4 atom stereocenters. The lowest BCUT2D eigenvalue weighted by atomic mass is 9.78. The standard InChI is InChI=1S/C25H38F3N3O2/c1-6-7-9-18-15-21(31(5)16(2)3)12-13-22(18)30-23(32)17(4)29-24(33)19-10-8-11-20(14-19)25(26,27)28/h8,10-11,14,16-18,21-22H,6-7,9,12-13,15H2,1-5H3,(H,29,33)(H,30,32)/t17-,18-,21+,22-/m0/s1. The maximum Gasteiger partial charge on any atom is 0.416 e. The van der Waals surface area contributed by atoms with Crippen molar-refractivity contribution in [2.45, 2.75) is 96.6 Å². The molecule has 33 heavy (non-hydrogen) atoms. The van der Waals surface area contributed by atoms with Crippen LogP contribution in [-0.4, -0.2) is 47.9 Å². The molecule has 2 N–H and O–H groups in total. The zero-order valence-corrected chi connectivity index (χ0v) is 20.3. The normalized spacial score (nSPS) is 22.3. The first-order chi connectivity index (χ1) is 15.4. The molecule has 1 fully saturated rings. The molecule has 2 amide bonds. The molecular weight excluding hydrogens is 431 g/mol. The first-order valence-corrected chi connectivity index (χ1v) is 11.9. The van der Waals surface area contributed by atoms with Gasteiger partial charge >= 0.3 is 6.18 Å². The molecule has 0 bridgehead atoms. The summed E-state index contributed by atoms with van der Waals surface area (Å²) in [5, 5.41) is 5.64. The topological polar surface area (TPSA) is 61.4 Å². The van der Waals surface area contributed by atoms with Gasteiger partial charge in [-0.05, 0) is 77.6 Å². The number of halogens is 3. The minimum absolute atomic E-state index is 0.0359. The highest BCUT2D eigenvalue weighted by atomic mass is 19.4. The molecule has 8 heteroatoms. The Bertz CT molecular complexity index is 797. The summed E-state index contributed by atoms with van der Waals surface area (Å²) in [4.78, 5) is 27.7. The van der Waals surface area contributed by atoms with Crippen LogP contribution in [0.2, 0.25) is 0 Å². The van der Waals surface area contributed by atoms with Crippen LogP contribution >= 0.6 is 0 Å². The Morgan fingerprint density at radius 1 is 1.18 bits per heavy atom. The Morgan fingerprint density at radius 2 is 1.88 bits per heavy atom. The zero-order valence-electron chi connectivity index (χ0n) is 20.3. The van der Waals surface area contributed by atoms with Crippen LogP contribution in [0.5, 0.6) is 0 Å². The maximum atomic E-state index is 12.9. The van der Waals surface area contributed by atoms with Crippen molar-refractivity contribution in [3.05, 3.63) is 35.4 Å². The molecule has 0 spiro atoms. The summed E-state index contributed by atoms with van der Waals surface area (Å²) in [5.74, 6) is -0.647. The number of amides is 2. The average Bonchev–Trinajstić information content (AvgIpc) is 2.77. The van der Waals surface area contributed by atoms with Crippen LogP contribution in [0.15, 0.2) is 24.3 Å². The van der Waals surface area contributed by atoms with Crippen LogP contribution in [0.3, 0.4) is 0 Å². The molecule has 0 heterocycles. The van der Waals surface area contributed by atoms with Crippen molar-refractivity contribution in [3.63, 3.8) is 0 Å². The van der Waals surface area contributed by atoms with E-state index in [1.165, 1.54) is 12.1 Å². The lowest BCUT2D eigenvalue weighted by molar-refractivity contribution is -0.137. The van der Waals surface area contributed by atoms with E-state index < -0.39 is 23.7 Å². The molecule has 0 radical (unpaired) electrons. The van der Waals surface area contributed by atoms with Gasteiger partial charge in [-0.15, -0.1) is 0 Å². The highest BCUT2D eigenvalue weighted by Gasteiger charge is 2.34. The number of unbranched alkanes of at least 4 members (excludes halogenated alkanes) is 1. The SMILES string of the molecule is CCCC[C@H]1C[C@H](N(C)C(C)C)CC[C@@H]1NC(=O)[C@H](C)NC(=O)c1cccc(C(F)(F)F)c1. The Hall–Kier alpha value is -2.09. The summed E-state index contributed by atoms with van der Waals surface area (Å²) in [6.07, 6.45) is 1.57. The summed E-state index contributed by atoms with van der Waals surface area (Å²) < 4.78 is 38.8. The third kappa shape index (κ3) is 7.73. The number of rotatable bonds is 9. The Labute approximate surface area is 195 Å². The molecule has 0 aliphatic heterocycles. The van der Waals surface area contributed by atoms with Crippen molar-refractivity contribution < 1.29 is 22.8 Å². The van der Waals surface area contributed by atoms with Crippen molar-refractivity contribution in [1.82, 2.24) is 15.5 Å². The molecule has 1 aliphatic carbocycles. The first kappa shape index (κ1) is 27.2. The predicted molar refractivity (Wildman–Crippen MR) is 124 cm³/mol. The number of nitrogens with zero attached hydrogens (tertiary/aromatic N) is 1. The summed E-state index contributed by atoms with van der Waals surface area (Å²) in [6, 6.07) is 4.33. The largest absolute Gasteiger partial charge is 0.416 e. The van der Waals surface area contributed by atoms with Gasteiger partial charge in [-0.3, -0.25) is 9.59 Å². The van der Waals surface area contributed by atoms with E-state index in [2.05, 4.69) is 43.4 Å². The van der Waals surface area contributed by atoms with Gasteiger partial charge in [0.05, 0.1) is 5.56 Å². The van der Waals surface area contributed by atoms with Crippen molar-refractivity contribution in [1.29, 1.82) is 0 Å². The van der Waals surface area contributed by atoms with E-state index in [1.807, 2.05) is 0 Å². The van der Waals surface area contributed by atoms with Crippen LogP contribution in [-0.2, 0) is 11.0 Å². The fraction of sp³-hybridized carbons (Fsp3) is 0.680. The lowest BCUT2D eigenvalue weighted by Crippen LogP contribution is -2.53. The van der Waals surface area contributed by atoms with Gasteiger partial charge in [0, 0.05) is 23.7 Å². The summed E-state index contributed by atoms with van der Waals surface area (Å²) in [6.45, 7) is 8.08. The van der Waals surface area contributed by atoms with Crippen molar-refractivity contribution in [2.75, 3.05) is 7.05 Å². The smallest absolute Gasteiger partial charge is 0.351 e. The van der Waals surface area contributed by atoms with Gasteiger partial charge in [0.2, 0.25) is 5.91 Å². The zero-order chi connectivity index (χ0) is 24.8. The Balaban J connectivity index is 2.00. The van der Waals surface area contributed by atoms with Gasteiger partial charge in [-0.2, -0.15) is 13.2 Å². The third-order valence-corrected chi connectivity index (χ3v) is 6.79. The fourth-order valence-corrected chi connectivity index (χ4v) is 4.50. The summed E-state index contributed by atoms with van der Waals surface area (Å²) in [5.41, 5.74) is -1.02. The number of nitrogens with one attached hydrogen (secondary N) is 2. The number of alkyl halides is 3. The van der Waals surface area contributed by atoms with Gasteiger partial charge < -0.3 is 15.5 Å². The van der Waals surface area contributed by atoms with Crippen LogP contribution in [0.1, 0.15) is 82.1 Å². The third-order valence-electron chi connectivity index (χ3n) is 6.79. The number of carbonyl (C=O) groups is 2. The number of benzene rings is 1. The molecule has 0 unspecified atom stereocenters. The van der Waals surface area contributed by atoms with Crippen molar-refractivity contribution >= 4 is 11.8 Å². The van der Waals surface area contributed by atoms with E-state index in [0.717, 1.165) is 50.7 Å². The lowest BCUT2D eigenvalue weighted by Gasteiger charge is -2.42. The Kier molecular flexibility index (Phi) is 9.76. The quantitative estimate of drug-likeness (QED) is 0.535. The second kappa shape index (κ2) is 11.9. The van der Waals surface area contributed by atoms with E-state index >= 15 is 0 Å². The van der Waals surface area contributed by atoms with Crippen molar-refractivity contribution in [2.24, 2.45) is 5.92 Å². The van der Waals surface area contributed by atoms with Crippen molar-refractivity contribution in [3.8, 4) is 0 Å². The number of hydrogen-bond acceptors (Lipinski definition) is 3.